The van der Waals surface area contributed by atoms with Crippen LogP contribution in [0, 0.1) is 0 Å². The van der Waals surface area contributed by atoms with Gasteiger partial charge in [-0.15, -0.1) is 0 Å². The molecule has 0 radical (unpaired) electrons. The van der Waals surface area contributed by atoms with Crippen LogP contribution in [0.25, 0.3) is 0 Å². The quantitative estimate of drug-likeness (QED) is 0.327. The molecule has 0 atom stereocenters. The van der Waals surface area contributed by atoms with Crippen LogP contribution in [0.5, 0.6) is 17.2 Å². The van der Waals surface area contributed by atoms with Crippen molar-refractivity contribution in [2.75, 3.05) is 31.3 Å². The Morgan fingerprint density at radius 2 is 1.67 bits per heavy atom. The molecule has 0 N–H and O–H groups in total. The predicted octanol–water partition coefficient (Wildman–Crippen LogP) is 6.43. The molecule has 5 nitrogen and oxygen atoms in total. The topological polar surface area (TPSA) is 34.2 Å². The second-order valence-corrected chi connectivity index (χ2v) is 9.90. The monoisotopic (exact) mass is 484 g/mol. The number of nitrogens with zero attached hydrogens (tertiary/aromatic N) is 2. The zero-order valence-corrected chi connectivity index (χ0v) is 21.4. The molecule has 0 spiro atoms. The van der Waals surface area contributed by atoms with E-state index in [1.54, 1.807) is 0 Å². The minimum atomic E-state index is 0.325. The predicted molar refractivity (Wildman–Crippen MR) is 145 cm³/mol. The van der Waals surface area contributed by atoms with Gasteiger partial charge in [-0.2, -0.15) is 0 Å². The molecular formula is C31H36N2O3. The van der Waals surface area contributed by atoms with E-state index < -0.39 is 0 Å². The molecule has 0 amide bonds. The number of benzene rings is 3. The van der Waals surface area contributed by atoms with Crippen molar-refractivity contribution >= 4 is 5.69 Å². The Morgan fingerprint density at radius 1 is 0.917 bits per heavy atom. The molecule has 0 aliphatic carbocycles. The fourth-order valence-electron chi connectivity index (χ4n) is 4.91. The lowest BCUT2D eigenvalue weighted by Gasteiger charge is -2.39. The normalized spacial score (nSPS) is 15.5. The Kier molecular flexibility index (Phi) is 7.77. The molecule has 2 aliphatic heterocycles. The second-order valence-electron chi connectivity index (χ2n) is 9.90. The van der Waals surface area contributed by atoms with Gasteiger partial charge < -0.3 is 19.1 Å². The van der Waals surface area contributed by atoms with Crippen molar-refractivity contribution in [1.82, 2.24) is 4.90 Å². The first-order valence-electron chi connectivity index (χ1n) is 12.9. The van der Waals surface area contributed by atoms with Crippen molar-refractivity contribution in [3.8, 4) is 17.2 Å². The fourth-order valence-corrected chi connectivity index (χ4v) is 4.91. The van der Waals surface area contributed by atoms with E-state index in [9.17, 15) is 0 Å². The minimum absolute atomic E-state index is 0.325. The van der Waals surface area contributed by atoms with E-state index in [-0.39, 0.29) is 0 Å². The number of hydrogen-bond acceptors (Lipinski definition) is 5. The number of anilines is 1. The van der Waals surface area contributed by atoms with Gasteiger partial charge in [-0.3, -0.25) is 4.90 Å². The standard InChI is InChI=1S/C31H36N2O3/c1-24(2)14-19-33(27-9-11-29(12-10-27)34-22-25-6-4-3-5-7-25)28-15-17-32(18-16-28)21-26-8-13-30-31(20-26)36-23-35-30/h3-14,20,28H,15-19,21-23H2,1-2H3. The molecule has 2 heterocycles. The highest BCUT2D eigenvalue weighted by Gasteiger charge is 2.25. The van der Waals surface area contributed by atoms with E-state index in [0.717, 1.165) is 56.3 Å². The van der Waals surface area contributed by atoms with Crippen LogP contribution in [-0.2, 0) is 13.2 Å². The third kappa shape index (κ3) is 6.21. The van der Waals surface area contributed by atoms with Crippen LogP contribution < -0.4 is 19.1 Å². The molecule has 36 heavy (non-hydrogen) atoms. The SMILES string of the molecule is CC(C)=CCN(c1ccc(OCc2ccccc2)cc1)C1CCN(Cc2ccc3c(c2)OCO3)CC1. The van der Waals surface area contributed by atoms with Gasteiger partial charge in [0.2, 0.25) is 6.79 Å². The fraction of sp³-hybridized carbons (Fsp3) is 0.355. The first-order chi connectivity index (χ1) is 17.6. The van der Waals surface area contributed by atoms with E-state index in [4.69, 9.17) is 14.2 Å². The molecule has 5 heteroatoms. The maximum Gasteiger partial charge on any atom is 0.231 e. The molecule has 0 bridgehead atoms. The number of likely N-dealkylation sites (tertiary alicyclic amines) is 1. The Bertz CT molecular complexity index is 1150. The molecule has 0 aromatic heterocycles. The summed E-state index contributed by atoms with van der Waals surface area (Å²) in [7, 11) is 0. The van der Waals surface area contributed by atoms with Gasteiger partial charge in [0.1, 0.15) is 12.4 Å². The van der Waals surface area contributed by atoms with Crippen molar-refractivity contribution in [2.45, 2.75) is 45.9 Å². The summed E-state index contributed by atoms with van der Waals surface area (Å²) in [5, 5.41) is 0. The summed E-state index contributed by atoms with van der Waals surface area (Å²) < 4.78 is 17.0. The van der Waals surface area contributed by atoms with E-state index >= 15 is 0 Å². The van der Waals surface area contributed by atoms with Gasteiger partial charge in [0.25, 0.3) is 0 Å². The highest BCUT2D eigenvalue weighted by atomic mass is 16.7. The van der Waals surface area contributed by atoms with Crippen LogP contribution in [0.3, 0.4) is 0 Å². The number of fused-ring (bicyclic) bond motifs is 1. The van der Waals surface area contributed by atoms with Crippen LogP contribution in [0.4, 0.5) is 5.69 Å². The Morgan fingerprint density at radius 3 is 2.42 bits per heavy atom. The molecular weight excluding hydrogens is 448 g/mol. The summed E-state index contributed by atoms with van der Waals surface area (Å²) in [6.07, 6.45) is 4.62. The van der Waals surface area contributed by atoms with Crippen molar-refractivity contribution in [2.24, 2.45) is 0 Å². The van der Waals surface area contributed by atoms with Gasteiger partial charge >= 0.3 is 0 Å². The van der Waals surface area contributed by atoms with Crippen molar-refractivity contribution in [3.63, 3.8) is 0 Å². The summed E-state index contributed by atoms with van der Waals surface area (Å²) >= 11 is 0. The Hall–Kier alpha value is -3.44. The highest BCUT2D eigenvalue weighted by Crippen LogP contribution is 2.33. The molecule has 1 saturated heterocycles. The van der Waals surface area contributed by atoms with Crippen molar-refractivity contribution in [1.29, 1.82) is 0 Å². The van der Waals surface area contributed by atoms with Crippen LogP contribution in [0.15, 0.2) is 84.4 Å². The van der Waals surface area contributed by atoms with E-state index in [2.05, 4.69) is 78.3 Å². The highest BCUT2D eigenvalue weighted by molar-refractivity contribution is 5.51. The van der Waals surface area contributed by atoms with E-state index in [0.29, 0.717) is 19.4 Å². The zero-order valence-electron chi connectivity index (χ0n) is 21.4. The second kappa shape index (κ2) is 11.5. The molecule has 0 saturated carbocycles. The van der Waals surface area contributed by atoms with Gasteiger partial charge in [-0.1, -0.05) is 48.0 Å². The van der Waals surface area contributed by atoms with Crippen molar-refractivity contribution in [3.05, 3.63) is 95.6 Å². The third-order valence-corrected chi connectivity index (χ3v) is 6.95. The van der Waals surface area contributed by atoms with Gasteiger partial charge in [-0.25, -0.2) is 0 Å². The molecule has 3 aromatic rings. The molecule has 1 fully saturated rings. The molecule has 0 unspecified atom stereocenters. The minimum Gasteiger partial charge on any atom is -0.489 e. The summed E-state index contributed by atoms with van der Waals surface area (Å²) in [6.45, 7) is 9.31. The summed E-state index contributed by atoms with van der Waals surface area (Å²) in [5.74, 6) is 2.62. The maximum absolute atomic E-state index is 6.02. The number of piperidine rings is 1. The number of allylic oxidation sites excluding steroid dienone is 1. The van der Waals surface area contributed by atoms with Crippen molar-refractivity contribution < 1.29 is 14.2 Å². The third-order valence-electron chi connectivity index (χ3n) is 6.95. The van der Waals surface area contributed by atoms with Gasteiger partial charge in [0.05, 0.1) is 0 Å². The van der Waals surface area contributed by atoms with Gasteiger partial charge in [0, 0.05) is 37.9 Å². The van der Waals surface area contributed by atoms with E-state index in [1.807, 2.05) is 24.3 Å². The molecule has 5 rings (SSSR count). The number of ether oxygens (including phenoxy) is 3. The average molecular weight is 485 g/mol. The van der Waals surface area contributed by atoms with Crippen LogP contribution in [0.1, 0.15) is 37.8 Å². The summed E-state index contributed by atoms with van der Waals surface area (Å²) in [6, 6.07) is 25.7. The Labute approximate surface area is 214 Å². The number of hydrogen-bond donors (Lipinski definition) is 0. The maximum atomic E-state index is 6.02. The smallest absolute Gasteiger partial charge is 0.231 e. The summed E-state index contributed by atoms with van der Waals surface area (Å²) in [5.41, 5.74) is 5.07. The van der Waals surface area contributed by atoms with Gasteiger partial charge in [0.15, 0.2) is 11.5 Å². The molecule has 3 aromatic carbocycles. The zero-order chi connectivity index (χ0) is 24.7. The summed E-state index contributed by atoms with van der Waals surface area (Å²) in [4.78, 5) is 5.11. The van der Waals surface area contributed by atoms with Crippen LogP contribution >= 0.6 is 0 Å². The lowest BCUT2D eigenvalue weighted by Crippen LogP contribution is -2.45. The largest absolute Gasteiger partial charge is 0.489 e. The first kappa shape index (κ1) is 24.3. The van der Waals surface area contributed by atoms with Gasteiger partial charge in [-0.05, 0) is 74.2 Å². The molecule has 188 valence electrons. The lowest BCUT2D eigenvalue weighted by molar-refractivity contribution is 0.173. The molecule has 2 aliphatic rings. The Balaban J connectivity index is 1.20. The first-order valence-corrected chi connectivity index (χ1v) is 12.9. The van der Waals surface area contributed by atoms with Crippen LogP contribution in [0.2, 0.25) is 0 Å². The van der Waals surface area contributed by atoms with E-state index in [1.165, 1.54) is 22.4 Å². The average Bonchev–Trinajstić information content (AvgIpc) is 3.38. The number of rotatable bonds is 9. The van der Waals surface area contributed by atoms with Crippen LogP contribution in [-0.4, -0.2) is 37.4 Å². The lowest BCUT2D eigenvalue weighted by atomic mass is 10.0.